The SMILES string of the molecule is O=C(Nc1ccc(N2CCCCC2)c(C(=O)NCCc2ccccc2)c1)c1ccc([N+](=O)[O-])cc1Cl. The molecule has 36 heavy (non-hydrogen) atoms. The van der Waals surface area contributed by atoms with E-state index in [1.54, 1.807) is 12.1 Å². The van der Waals surface area contributed by atoms with Crippen LogP contribution in [0.1, 0.15) is 45.5 Å². The molecule has 8 nitrogen and oxygen atoms in total. The van der Waals surface area contributed by atoms with Crippen LogP contribution in [-0.2, 0) is 6.42 Å². The van der Waals surface area contributed by atoms with Gasteiger partial charge in [0.05, 0.1) is 21.1 Å². The lowest BCUT2D eigenvalue weighted by molar-refractivity contribution is -0.384. The van der Waals surface area contributed by atoms with Crippen LogP contribution in [0.3, 0.4) is 0 Å². The van der Waals surface area contributed by atoms with Gasteiger partial charge >= 0.3 is 0 Å². The Morgan fingerprint density at radius 1 is 0.917 bits per heavy atom. The minimum Gasteiger partial charge on any atom is -0.371 e. The van der Waals surface area contributed by atoms with Crippen molar-refractivity contribution in [1.29, 1.82) is 0 Å². The largest absolute Gasteiger partial charge is 0.371 e. The summed E-state index contributed by atoms with van der Waals surface area (Å²) >= 11 is 6.11. The van der Waals surface area contributed by atoms with Crippen LogP contribution in [0, 0.1) is 10.1 Å². The molecule has 0 radical (unpaired) electrons. The first-order valence-corrected chi connectivity index (χ1v) is 12.3. The van der Waals surface area contributed by atoms with Crippen molar-refractivity contribution in [1.82, 2.24) is 5.32 Å². The Morgan fingerprint density at radius 3 is 2.36 bits per heavy atom. The van der Waals surface area contributed by atoms with Gasteiger partial charge in [0.15, 0.2) is 0 Å². The van der Waals surface area contributed by atoms with Crippen LogP contribution in [0.15, 0.2) is 66.7 Å². The van der Waals surface area contributed by atoms with Crippen molar-refractivity contribution < 1.29 is 14.5 Å². The van der Waals surface area contributed by atoms with Crippen LogP contribution in [0.4, 0.5) is 17.1 Å². The van der Waals surface area contributed by atoms with E-state index in [0.29, 0.717) is 24.2 Å². The fourth-order valence-electron chi connectivity index (χ4n) is 4.27. The van der Waals surface area contributed by atoms with Crippen molar-refractivity contribution in [3.63, 3.8) is 0 Å². The summed E-state index contributed by atoms with van der Waals surface area (Å²) in [7, 11) is 0. The lowest BCUT2D eigenvalue weighted by Gasteiger charge is -2.30. The summed E-state index contributed by atoms with van der Waals surface area (Å²) in [5, 5.41) is 16.7. The zero-order valence-corrected chi connectivity index (χ0v) is 20.5. The van der Waals surface area contributed by atoms with Crippen LogP contribution in [0.25, 0.3) is 0 Å². The molecule has 0 spiro atoms. The molecule has 1 aliphatic rings. The summed E-state index contributed by atoms with van der Waals surface area (Å²) in [6, 6.07) is 18.9. The van der Waals surface area contributed by atoms with E-state index in [-0.39, 0.29) is 22.2 Å². The predicted molar refractivity (Wildman–Crippen MR) is 141 cm³/mol. The molecule has 0 unspecified atom stereocenters. The molecule has 4 rings (SSSR count). The van der Waals surface area contributed by atoms with Crippen LogP contribution in [-0.4, -0.2) is 36.4 Å². The molecule has 186 valence electrons. The highest BCUT2D eigenvalue weighted by molar-refractivity contribution is 6.34. The maximum Gasteiger partial charge on any atom is 0.270 e. The zero-order chi connectivity index (χ0) is 25.5. The minimum atomic E-state index is -0.574. The molecule has 3 aromatic rings. The van der Waals surface area contributed by atoms with Gasteiger partial charge in [-0.15, -0.1) is 0 Å². The topological polar surface area (TPSA) is 105 Å². The number of amides is 2. The molecule has 3 aromatic carbocycles. The molecule has 0 atom stereocenters. The maximum atomic E-state index is 13.2. The van der Waals surface area contributed by atoms with Gasteiger partial charge in [0.2, 0.25) is 0 Å². The number of non-ortho nitro benzene ring substituents is 1. The lowest BCUT2D eigenvalue weighted by Crippen LogP contribution is -2.33. The molecular formula is C27H27ClN4O4. The van der Waals surface area contributed by atoms with Crippen LogP contribution >= 0.6 is 11.6 Å². The van der Waals surface area contributed by atoms with Gasteiger partial charge in [0.25, 0.3) is 17.5 Å². The average Bonchev–Trinajstić information content (AvgIpc) is 2.89. The number of nitrogens with zero attached hydrogens (tertiary/aromatic N) is 2. The first-order valence-electron chi connectivity index (χ1n) is 11.9. The van der Waals surface area contributed by atoms with Crippen molar-refractivity contribution >= 4 is 40.5 Å². The van der Waals surface area contributed by atoms with Gasteiger partial charge in [-0.2, -0.15) is 0 Å². The molecular weight excluding hydrogens is 480 g/mol. The van der Waals surface area contributed by atoms with Crippen molar-refractivity contribution in [2.75, 3.05) is 29.9 Å². The van der Waals surface area contributed by atoms with Gasteiger partial charge in [-0.25, -0.2) is 0 Å². The number of anilines is 2. The fourth-order valence-corrected chi connectivity index (χ4v) is 4.53. The highest BCUT2D eigenvalue weighted by atomic mass is 35.5. The molecule has 1 heterocycles. The highest BCUT2D eigenvalue weighted by Gasteiger charge is 2.21. The molecule has 1 saturated heterocycles. The van der Waals surface area contributed by atoms with Crippen LogP contribution in [0.2, 0.25) is 5.02 Å². The first-order chi connectivity index (χ1) is 17.4. The van der Waals surface area contributed by atoms with Crippen molar-refractivity contribution in [3.8, 4) is 0 Å². The van der Waals surface area contributed by atoms with Crippen molar-refractivity contribution in [3.05, 3.63) is 98.6 Å². The summed E-state index contributed by atoms with van der Waals surface area (Å²) < 4.78 is 0. The number of halogens is 1. The number of hydrogen-bond donors (Lipinski definition) is 2. The quantitative estimate of drug-likeness (QED) is 0.311. The maximum absolute atomic E-state index is 13.2. The van der Waals surface area contributed by atoms with Crippen LogP contribution < -0.4 is 15.5 Å². The fraction of sp³-hybridized carbons (Fsp3) is 0.259. The van der Waals surface area contributed by atoms with E-state index < -0.39 is 10.8 Å². The smallest absolute Gasteiger partial charge is 0.270 e. The van der Waals surface area contributed by atoms with Crippen LogP contribution in [0.5, 0.6) is 0 Å². The van der Waals surface area contributed by atoms with Gasteiger partial charge in [-0.3, -0.25) is 19.7 Å². The molecule has 1 fully saturated rings. The number of rotatable bonds is 8. The number of carbonyl (C=O) groups excluding carboxylic acids is 2. The van der Waals surface area contributed by atoms with Crippen molar-refractivity contribution in [2.24, 2.45) is 0 Å². The minimum absolute atomic E-state index is 0.0227. The lowest BCUT2D eigenvalue weighted by atomic mass is 10.1. The second-order valence-corrected chi connectivity index (χ2v) is 9.05. The second kappa shape index (κ2) is 11.7. The number of carbonyl (C=O) groups is 2. The van der Waals surface area contributed by atoms with E-state index in [1.807, 2.05) is 36.4 Å². The van der Waals surface area contributed by atoms with Gasteiger partial charge in [-0.05, 0) is 55.5 Å². The first kappa shape index (κ1) is 25.2. The average molecular weight is 507 g/mol. The number of nitro groups is 1. The van der Waals surface area contributed by atoms with E-state index >= 15 is 0 Å². The van der Waals surface area contributed by atoms with Gasteiger partial charge in [0.1, 0.15) is 0 Å². The summed E-state index contributed by atoms with van der Waals surface area (Å²) in [5.41, 5.74) is 2.79. The predicted octanol–water partition coefficient (Wildman–Crippen LogP) is 5.46. The summed E-state index contributed by atoms with van der Waals surface area (Å²) in [4.78, 5) is 38.6. The second-order valence-electron chi connectivity index (χ2n) is 8.65. The molecule has 2 amide bonds. The molecule has 0 saturated carbocycles. The third-order valence-corrected chi connectivity index (χ3v) is 6.46. The Bertz CT molecular complexity index is 1260. The molecule has 0 aromatic heterocycles. The third-order valence-electron chi connectivity index (χ3n) is 6.15. The van der Waals surface area contributed by atoms with Crippen molar-refractivity contribution in [2.45, 2.75) is 25.7 Å². The summed E-state index contributed by atoms with van der Waals surface area (Å²) in [6.45, 7) is 2.22. The van der Waals surface area contributed by atoms with Gasteiger partial charge < -0.3 is 15.5 Å². The Morgan fingerprint density at radius 2 is 1.67 bits per heavy atom. The van der Waals surface area contributed by atoms with Gasteiger partial charge in [0, 0.05) is 43.1 Å². The van der Waals surface area contributed by atoms with E-state index in [1.165, 1.54) is 18.6 Å². The summed E-state index contributed by atoms with van der Waals surface area (Å²) in [6.07, 6.45) is 4.00. The number of piperidine rings is 1. The normalized spacial score (nSPS) is 13.2. The number of hydrogen-bond acceptors (Lipinski definition) is 5. The van der Waals surface area contributed by atoms with E-state index in [0.717, 1.165) is 43.2 Å². The molecule has 9 heteroatoms. The highest BCUT2D eigenvalue weighted by Crippen LogP contribution is 2.28. The Kier molecular flexibility index (Phi) is 8.17. The monoisotopic (exact) mass is 506 g/mol. The number of nitrogens with one attached hydrogen (secondary N) is 2. The summed E-state index contributed by atoms with van der Waals surface area (Å²) in [5.74, 6) is -0.730. The Hall–Kier alpha value is -3.91. The van der Waals surface area contributed by atoms with E-state index in [9.17, 15) is 19.7 Å². The number of nitro benzene ring substituents is 1. The molecule has 2 N–H and O–H groups in total. The third kappa shape index (κ3) is 6.20. The van der Waals surface area contributed by atoms with Gasteiger partial charge in [-0.1, -0.05) is 41.9 Å². The van der Waals surface area contributed by atoms with E-state index in [2.05, 4.69) is 15.5 Å². The Labute approximate surface area is 214 Å². The molecule has 0 bridgehead atoms. The molecule has 0 aliphatic carbocycles. The standard InChI is InChI=1S/C27H27ClN4O4/c28-24-18-21(32(35)36)10-11-22(24)27(34)30-20-9-12-25(31-15-5-2-6-16-31)23(17-20)26(33)29-14-13-19-7-3-1-4-8-19/h1,3-4,7-12,17-18H,2,5-6,13-16H2,(H,29,33)(H,30,34). The zero-order valence-electron chi connectivity index (χ0n) is 19.7. The number of benzene rings is 3. The Balaban J connectivity index is 1.53. The molecule has 1 aliphatic heterocycles. The van der Waals surface area contributed by atoms with E-state index in [4.69, 9.17) is 11.6 Å².